The fourth-order valence-corrected chi connectivity index (χ4v) is 4.30. The Bertz CT molecular complexity index is 1230. The minimum Gasteiger partial charge on any atom is -0.488 e. The number of carbonyl (C=O) groups is 1. The lowest BCUT2D eigenvalue weighted by Crippen LogP contribution is -2.08. The van der Waals surface area contributed by atoms with E-state index in [1.165, 1.54) is 12.1 Å². The molecule has 1 heterocycles. The van der Waals surface area contributed by atoms with Gasteiger partial charge in [-0.25, -0.2) is 14.2 Å². The number of halogens is 3. The van der Waals surface area contributed by atoms with Crippen LogP contribution in [0.3, 0.4) is 0 Å². The summed E-state index contributed by atoms with van der Waals surface area (Å²) in [6.45, 7) is 2.24. The molecule has 0 fully saturated rings. The lowest BCUT2D eigenvalue weighted by atomic mass is 9.99. The summed E-state index contributed by atoms with van der Waals surface area (Å²) in [6, 6.07) is 15.0. The molecule has 4 rings (SSSR count). The predicted molar refractivity (Wildman–Crippen MR) is 128 cm³/mol. The van der Waals surface area contributed by atoms with Crippen molar-refractivity contribution in [2.24, 2.45) is 0 Å². The molecule has 0 N–H and O–H groups in total. The van der Waals surface area contributed by atoms with E-state index in [1.807, 2.05) is 24.3 Å². The first-order valence-electron chi connectivity index (χ1n) is 10.7. The molecule has 0 saturated carbocycles. The number of rotatable bonds is 7. The second-order valence-electron chi connectivity index (χ2n) is 7.60. The standard InChI is InChI=1S/C26H22Cl2FNO3/c1-2-32-26(31)24-8-4-7-23(30-24)20-6-3-5-19(20)21-13-17(27)10-12-25(21)33-15-16-9-11-18(29)14-22(16)28/h4,7-14H,2-3,5-6,15H2,1H3. The Labute approximate surface area is 202 Å². The number of pyridine rings is 1. The molecule has 0 bridgehead atoms. The molecule has 0 spiro atoms. The van der Waals surface area contributed by atoms with Gasteiger partial charge in [0.05, 0.1) is 17.3 Å². The zero-order valence-electron chi connectivity index (χ0n) is 18.0. The minimum absolute atomic E-state index is 0.187. The fraction of sp³-hybridized carbons (Fsp3) is 0.231. The third-order valence-corrected chi connectivity index (χ3v) is 6.01. The van der Waals surface area contributed by atoms with E-state index >= 15 is 0 Å². The number of hydrogen-bond donors (Lipinski definition) is 0. The molecule has 33 heavy (non-hydrogen) atoms. The van der Waals surface area contributed by atoms with Crippen molar-refractivity contribution in [3.63, 3.8) is 0 Å². The van der Waals surface area contributed by atoms with Crippen molar-refractivity contribution in [3.8, 4) is 5.75 Å². The highest BCUT2D eigenvalue weighted by molar-refractivity contribution is 6.31. The van der Waals surface area contributed by atoms with Crippen molar-refractivity contribution in [3.05, 3.63) is 93.0 Å². The van der Waals surface area contributed by atoms with Gasteiger partial charge in [-0.15, -0.1) is 0 Å². The van der Waals surface area contributed by atoms with Crippen molar-refractivity contribution < 1.29 is 18.7 Å². The largest absolute Gasteiger partial charge is 0.488 e. The Morgan fingerprint density at radius 1 is 1.06 bits per heavy atom. The van der Waals surface area contributed by atoms with E-state index in [-0.39, 0.29) is 12.3 Å². The summed E-state index contributed by atoms with van der Waals surface area (Å²) >= 11 is 12.5. The van der Waals surface area contributed by atoms with Crippen molar-refractivity contribution >= 4 is 40.3 Å². The predicted octanol–water partition coefficient (Wildman–Crippen LogP) is 7.38. The Hall–Kier alpha value is -2.89. The molecule has 0 radical (unpaired) electrons. The van der Waals surface area contributed by atoms with Gasteiger partial charge in [-0.05, 0) is 79.8 Å². The monoisotopic (exact) mass is 485 g/mol. The lowest BCUT2D eigenvalue weighted by molar-refractivity contribution is 0.0519. The number of nitrogens with zero attached hydrogens (tertiary/aromatic N) is 1. The Balaban J connectivity index is 1.69. The molecule has 3 aromatic rings. The number of benzene rings is 2. The van der Waals surface area contributed by atoms with Crippen LogP contribution in [0, 0.1) is 5.82 Å². The van der Waals surface area contributed by atoms with Gasteiger partial charge in [0.1, 0.15) is 23.9 Å². The maximum absolute atomic E-state index is 13.4. The molecule has 4 nitrogen and oxygen atoms in total. The number of carbonyl (C=O) groups excluding carboxylic acids is 1. The first-order valence-corrected chi connectivity index (χ1v) is 11.4. The summed E-state index contributed by atoms with van der Waals surface area (Å²) in [5, 5.41) is 0.899. The molecule has 2 aromatic carbocycles. The van der Waals surface area contributed by atoms with E-state index in [9.17, 15) is 9.18 Å². The second-order valence-corrected chi connectivity index (χ2v) is 8.45. The average Bonchev–Trinajstić information content (AvgIpc) is 3.29. The van der Waals surface area contributed by atoms with Crippen LogP contribution in [0.15, 0.2) is 54.6 Å². The summed E-state index contributed by atoms with van der Waals surface area (Å²) in [4.78, 5) is 16.7. The van der Waals surface area contributed by atoms with Crippen LogP contribution in [-0.2, 0) is 11.3 Å². The molecule has 0 unspecified atom stereocenters. The summed E-state index contributed by atoms with van der Waals surface area (Å²) in [5.74, 6) is -0.188. The number of esters is 1. The second kappa shape index (κ2) is 10.4. The van der Waals surface area contributed by atoms with E-state index in [0.717, 1.165) is 41.7 Å². The summed E-state index contributed by atoms with van der Waals surface area (Å²) < 4.78 is 24.6. The van der Waals surface area contributed by atoms with E-state index in [0.29, 0.717) is 28.0 Å². The molecule has 170 valence electrons. The number of hydrogen-bond acceptors (Lipinski definition) is 4. The maximum atomic E-state index is 13.4. The number of ether oxygens (including phenoxy) is 2. The van der Waals surface area contributed by atoms with Crippen molar-refractivity contribution in [2.45, 2.75) is 32.8 Å². The zero-order chi connectivity index (χ0) is 23.4. The van der Waals surface area contributed by atoms with Gasteiger partial charge in [0.25, 0.3) is 0 Å². The molecule has 1 aliphatic carbocycles. The number of aromatic nitrogens is 1. The van der Waals surface area contributed by atoms with Gasteiger partial charge in [0.2, 0.25) is 0 Å². The Kier molecular flexibility index (Phi) is 7.31. The summed E-state index contributed by atoms with van der Waals surface area (Å²) in [6.07, 6.45) is 2.60. The van der Waals surface area contributed by atoms with Crippen molar-refractivity contribution in [2.75, 3.05) is 6.61 Å². The normalized spacial score (nSPS) is 13.3. The van der Waals surface area contributed by atoms with Crippen LogP contribution in [0.4, 0.5) is 4.39 Å². The first kappa shape index (κ1) is 23.3. The molecule has 1 aromatic heterocycles. The molecule has 1 aliphatic rings. The minimum atomic E-state index is -0.442. The van der Waals surface area contributed by atoms with Gasteiger partial charge < -0.3 is 9.47 Å². The maximum Gasteiger partial charge on any atom is 0.356 e. The third kappa shape index (κ3) is 5.37. The SMILES string of the molecule is CCOC(=O)c1cccc(C2=C(c3cc(Cl)ccc3OCc3ccc(F)cc3Cl)CCC2)n1. The van der Waals surface area contributed by atoms with E-state index in [2.05, 4.69) is 4.98 Å². The molecular weight excluding hydrogens is 464 g/mol. The van der Waals surface area contributed by atoms with Gasteiger partial charge >= 0.3 is 5.97 Å². The average molecular weight is 486 g/mol. The van der Waals surface area contributed by atoms with Crippen LogP contribution < -0.4 is 4.74 Å². The molecule has 7 heteroatoms. The molecule has 0 aliphatic heterocycles. The summed E-state index contributed by atoms with van der Waals surface area (Å²) in [7, 11) is 0. The van der Waals surface area contributed by atoms with Crippen LogP contribution in [0.25, 0.3) is 11.1 Å². The van der Waals surface area contributed by atoms with E-state index < -0.39 is 11.8 Å². The molecule has 0 saturated heterocycles. The van der Waals surface area contributed by atoms with E-state index in [1.54, 1.807) is 25.1 Å². The Morgan fingerprint density at radius 2 is 1.88 bits per heavy atom. The highest BCUT2D eigenvalue weighted by Gasteiger charge is 2.23. The van der Waals surface area contributed by atoms with Crippen LogP contribution in [0.2, 0.25) is 10.0 Å². The van der Waals surface area contributed by atoms with Crippen LogP contribution in [-0.4, -0.2) is 17.6 Å². The van der Waals surface area contributed by atoms with Crippen LogP contribution in [0.1, 0.15) is 53.5 Å². The fourth-order valence-electron chi connectivity index (χ4n) is 3.90. The zero-order valence-corrected chi connectivity index (χ0v) is 19.5. The van der Waals surface area contributed by atoms with Gasteiger partial charge in [-0.1, -0.05) is 35.3 Å². The molecule has 0 atom stereocenters. The Morgan fingerprint density at radius 3 is 2.67 bits per heavy atom. The summed E-state index contributed by atoms with van der Waals surface area (Å²) in [5.41, 5.74) is 4.70. The van der Waals surface area contributed by atoms with Crippen LogP contribution in [0.5, 0.6) is 5.75 Å². The third-order valence-electron chi connectivity index (χ3n) is 5.43. The van der Waals surface area contributed by atoms with E-state index in [4.69, 9.17) is 32.7 Å². The quantitative estimate of drug-likeness (QED) is 0.327. The molecular formula is C26H22Cl2FNO3. The van der Waals surface area contributed by atoms with Crippen molar-refractivity contribution in [1.29, 1.82) is 0 Å². The smallest absolute Gasteiger partial charge is 0.356 e. The topological polar surface area (TPSA) is 48.4 Å². The highest BCUT2D eigenvalue weighted by atomic mass is 35.5. The van der Waals surface area contributed by atoms with Crippen LogP contribution >= 0.6 is 23.2 Å². The molecule has 0 amide bonds. The number of allylic oxidation sites excluding steroid dienone is 2. The van der Waals surface area contributed by atoms with Gasteiger partial charge in [0.15, 0.2) is 0 Å². The van der Waals surface area contributed by atoms with Gasteiger partial charge in [-0.3, -0.25) is 0 Å². The van der Waals surface area contributed by atoms with Crippen molar-refractivity contribution in [1.82, 2.24) is 4.98 Å². The lowest BCUT2D eigenvalue weighted by Gasteiger charge is -2.15. The highest BCUT2D eigenvalue weighted by Crippen LogP contribution is 2.43. The van der Waals surface area contributed by atoms with Gasteiger partial charge in [0, 0.05) is 16.1 Å². The first-order chi connectivity index (χ1) is 16.0. The van der Waals surface area contributed by atoms with Gasteiger partial charge in [-0.2, -0.15) is 0 Å².